The number of methoxy groups -OCH3 is 1. The maximum atomic E-state index is 14.5. The number of aromatic nitrogens is 2. The highest BCUT2D eigenvalue weighted by molar-refractivity contribution is 6.32. The van der Waals surface area contributed by atoms with Gasteiger partial charge in [-0.25, -0.2) is 9.37 Å². The molecule has 140 valence electrons. The maximum Gasteiger partial charge on any atom is 0.256 e. The molecule has 5 nitrogen and oxygen atoms in total. The second kappa shape index (κ2) is 7.19. The van der Waals surface area contributed by atoms with E-state index in [0.29, 0.717) is 19.0 Å². The minimum atomic E-state index is -0.708. The number of carbonyl (C=O) groups is 1. The number of carbonyl (C=O) groups excluding carboxylic acids is 1. The molecule has 1 aliphatic heterocycles. The van der Waals surface area contributed by atoms with Gasteiger partial charge in [-0.2, -0.15) is 0 Å². The molecule has 7 heteroatoms. The summed E-state index contributed by atoms with van der Waals surface area (Å²) < 4.78 is 19.5. The van der Waals surface area contributed by atoms with Crippen molar-refractivity contribution in [2.75, 3.05) is 20.2 Å². The number of rotatable bonds is 3. The lowest BCUT2D eigenvalue weighted by Crippen LogP contribution is -2.38. The fraction of sp³-hybridized carbons (Fsp3) is 0.300. The van der Waals surface area contributed by atoms with Crippen LogP contribution in [0.4, 0.5) is 4.39 Å². The molecule has 3 aromatic rings. The summed E-state index contributed by atoms with van der Waals surface area (Å²) in [7, 11) is 1.33. The maximum absolute atomic E-state index is 14.5. The molecule has 0 radical (unpaired) electrons. The zero-order valence-corrected chi connectivity index (χ0v) is 15.6. The number of amides is 1. The molecule has 1 amide bonds. The van der Waals surface area contributed by atoms with Gasteiger partial charge in [0.05, 0.1) is 17.7 Å². The summed E-state index contributed by atoms with van der Waals surface area (Å²) in [6, 6.07) is 6.89. The van der Waals surface area contributed by atoms with Crippen LogP contribution in [0.3, 0.4) is 0 Å². The van der Waals surface area contributed by atoms with E-state index in [0.717, 1.165) is 23.9 Å². The standard InChI is InChI=1S/C20H19ClFN3O2/c1-27-18-16(21)5-4-14(17(18)22)20(26)25-9-6-12(7-10-25)15-11-24-19-13(15)3-2-8-23-19/h2-5,8,11-12H,6-7,9-10H2,1H3,(H,23,24). The Morgan fingerprint density at radius 1 is 1.33 bits per heavy atom. The lowest BCUT2D eigenvalue weighted by atomic mass is 9.89. The number of aromatic amines is 1. The molecular formula is C20H19ClFN3O2. The Hall–Kier alpha value is -2.60. The Morgan fingerprint density at radius 2 is 2.11 bits per heavy atom. The molecule has 0 saturated carbocycles. The van der Waals surface area contributed by atoms with Crippen molar-refractivity contribution >= 4 is 28.5 Å². The smallest absolute Gasteiger partial charge is 0.256 e. The molecule has 1 fully saturated rings. The van der Waals surface area contributed by atoms with Crippen LogP contribution in [0.5, 0.6) is 5.75 Å². The number of benzene rings is 1. The number of H-pyrrole nitrogens is 1. The van der Waals surface area contributed by atoms with Gasteiger partial charge in [-0.3, -0.25) is 4.79 Å². The Kier molecular flexibility index (Phi) is 4.74. The number of piperidine rings is 1. The van der Waals surface area contributed by atoms with Gasteiger partial charge in [0.15, 0.2) is 11.6 Å². The first-order valence-electron chi connectivity index (χ1n) is 8.83. The molecule has 1 saturated heterocycles. The highest BCUT2D eigenvalue weighted by atomic mass is 35.5. The summed E-state index contributed by atoms with van der Waals surface area (Å²) in [5.74, 6) is -0.790. The third-order valence-corrected chi connectivity index (χ3v) is 5.49. The van der Waals surface area contributed by atoms with Crippen molar-refractivity contribution in [3.05, 3.63) is 58.6 Å². The van der Waals surface area contributed by atoms with Gasteiger partial charge in [0, 0.05) is 30.9 Å². The second-order valence-corrected chi connectivity index (χ2v) is 7.06. The molecule has 0 aliphatic carbocycles. The van der Waals surface area contributed by atoms with Gasteiger partial charge in [-0.1, -0.05) is 11.6 Å². The molecule has 27 heavy (non-hydrogen) atoms. The second-order valence-electron chi connectivity index (χ2n) is 6.65. The van der Waals surface area contributed by atoms with Crippen LogP contribution < -0.4 is 4.74 Å². The number of fused-ring (bicyclic) bond motifs is 1. The van der Waals surface area contributed by atoms with E-state index in [9.17, 15) is 9.18 Å². The van der Waals surface area contributed by atoms with Crippen molar-refractivity contribution in [2.45, 2.75) is 18.8 Å². The largest absolute Gasteiger partial charge is 0.492 e. The first-order valence-corrected chi connectivity index (χ1v) is 9.21. The molecule has 1 aliphatic rings. The van der Waals surface area contributed by atoms with Crippen LogP contribution in [-0.2, 0) is 0 Å². The minimum Gasteiger partial charge on any atom is -0.492 e. The van der Waals surface area contributed by atoms with E-state index in [-0.39, 0.29) is 22.2 Å². The van der Waals surface area contributed by atoms with Crippen molar-refractivity contribution in [1.29, 1.82) is 0 Å². The fourth-order valence-electron chi connectivity index (χ4n) is 3.76. The molecule has 4 rings (SSSR count). The van der Waals surface area contributed by atoms with E-state index in [4.69, 9.17) is 16.3 Å². The highest BCUT2D eigenvalue weighted by Gasteiger charge is 2.28. The van der Waals surface area contributed by atoms with Gasteiger partial charge in [0.2, 0.25) is 0 Å². The molecule has 1 aromatic carbocycles. The van der Waals surface area contributed by atoms with Crippen molar-refractivity contribution < 1.29 is 13.9 Å². The average Bonchev–Trinajstić information content (AvgIpc) is 3.12. The number of ether oxygens (including phenoxy) is 1. The van der Waals surface area contributed by atoms with E-state index in [2.05, 4.69) is 16.0 Å². The Bertz CT molecular complexity index is 996. The monoisotopic (exact) mass is 387 g/mol. The molecule has 2 aromatic heterocycles. The van der Waals surface area contributed by atoms with E-state index >= 15 is 0 Å². The Balaban J connectivity index is 1.50. The van der Waals surface area contributed by atoms with E-state index in [1.54, 1.807) is 11.1 Å². The minimum absolute atomic E-state index is 0.00834. The molecule has 3 heterocycles. The summed E-state index contributed by atoms with van der Waals surface area (Å²) >= 11 is 5.92. The van der Waals surface area contributed by atoms with Gasteiger partial charge in [0.1, 0.15) is 5.65 Å². The highest BCUT2D eigenvalue weighted by Crippen LogP contribution is 2.34. The van der Waals surface area contributed by atoms with Crippen LogP contribution in [0.25, 0.3) is 11.0 Å². The molecular weight excluding hydrogens is 369 g/mol. The first kappa shape index (κ1) is 17.8. The van der Waals surface area contributed by atoms with Crippen molar-refractivity contribution in [2.24, 2.45) is 0 Å². The Morgan fingerprint density at radius 3 is 2.85 bits per heavy atom. The molecule has 0 atom stereocenters. The van der Waals surface area contributed by atoms with E-state index in [1.165, 1.54) is 24.8 Å². The fourth-order valence-corrected chi connectivity index (χ4v) is 3.99. The van der Waals surface area contributed by atoms with Crippen molar-refractivity contribution in [1.82, 2.24) is 14.9 Å². The van der Waals surface area contributed by atoms with E-state index in [1.807, 2.05) is 12.3 Å². The van der Waals surface area contributed by atoms with Crippen LogP contribution in [0.1, 0.15) is 34.7 Å². The molecule has 0 unspecified atom stereocenters. The third-order valence-electron chi connectivity index (χ3n) is 5.19. The van der Waals surface area contributed by atoms with Crippen LogP contribution >= 0.6 is 11.6 Å². The predicted molar refractivity (Wildman–Crippen MR) is 102 cm³/mol. The van der Waals surface area contributed by atoms with Gasteiger partial charge in [-0.05, 0) is 48.6 Å². The lowest BCUT2D eigenvalue weighted by Gasteiger charge is -2.32. The van der Waals surface area contributed by atoms with Crippen molar-refractivity contribution in [3.63, 3.8) is 0 Å². The van der Waals surface area contributed by atoms with Crippen LogP contribution in [-0.4, -0.2) is 41.0 Å². The number of likely N-dealkylation sites (tertiary alicyclic amines) is 1. The van der Waals surface area contributed by atoms with Crippen molar-refractivity contribution in [3.8, 4) is 5.75 Å². The van der Waals surface area contributed by atoms with Gasteiger partial charge in [-0.15, -0.1) is 0 Å². The number of nitrogens with zero attached hydrogens (tertiary/aromatic N) is 2. The van der Waals surface area contributed by atoms with Crippen LogP contribution in [0.2, 0.25) is 5.02 Å². The normalized spacial score (nSPS) is 15.3. The van der Waals surface area contributed by atoms with Gasteiger partial charge in [0.25, 0.3) is 5.91 Å². The number of halogens is 2. The number of hydrogen-bond donors (Lipinski definition) is 1. The third kappa shape index (κ3) is 3.14. The van der Waals surface area contributed by atoms with Gasteiger partial charge < -0.3 is 14.6 Å². The molecule has 0 bridgehead atoms. The quantitative estimate of drug-likeness (QED) is 0.725. The van der Waals surface area contributed by atoms with Crippen LogP contribution in [0.15, 0.2) is 36.7 Å². The first-order chi connectivity index (χ1) is 13.1. The Labute approximate surface area is 161 Å². The van der Waals surface area contributed by atoms with Crippen LogP contribution in [0, 0.1) is 5.82 Å². The molecule has 1 N–H and O–H groups in total. The van der Waals surface area contributed by atoms with E-state index < -0.39 is 5.82 Å². The van der Waals surface area contributed by atoms with Gasteiger partial charge >= 0.3 is 0 Å². The predicted octanol–water partition coefficient (Wildman–Crippen LogP) is 4.38. The number of nitrogens with one attached hydrogen (secondary N) is 1. The SMILES string of the molecule is COc1c(Cl)ccc(C(=O)N2CCC(c3c[nH]c4ncccc34)CC2)c1F. The zero-order valence-electron chi connectivity index (χ0n) is 14.8. The summed E-state index contributed by atoms with van der Waals surface area (Å²) in [6.45, 7) is 1.14. The zero-order chi connectivity index (χ0) is 19.0. The summed E-state index contributed by atoms with van der Waals surface area (Å²) in [6.07, 6.45) is 5.40. The lowest BCUT2D eigenvalue weighted by molar-refractivity contribution is 0.0708. The number of hydrogen-bond acceptors (Lipinski definition) is 3. The number of pyridine rings is 1. The average molecular weight is 388 g/mol. The summed E-state index contributed by atoms with van der Waals surface area (Å²) in [5, 5.41) is 1.27. The topological polar surface area (TPSA) is 58.2 Å². The summed E-state index contributed by atoms with van der Waals surface area (Å²) in [4.78, 5) is 22.0. The molecule has 0 spiro atoms. The summed E-state index contributed by atoms with van der Waals surface area (Å²) in [5.41, 5.74) is 2.09.